The van der Waals surface area contributed by atoms with Gasteiger partial charge in [0.2, 0.25) is 0 Å². The van der Waals surface area contributed by atoms with Crippen LogP contribution < -0.4 is 5.73 Å². The Kier molecular flexibility index (Phi) is 5.28. The van der Waals surface area contributed by atoms with E-state index in [1.165, 1.54) is 11.3 Å². The zero-order chi connectivity index (χ0) is 9.52. The lowest BCUT2D eigenvalue weighted by molar-refractivity contribution is 0.814. The Hall–Kier alpha value is -0.180. The number of unbranched alkanes of at least 4 members (excludes halogenated alkanes) is 1. The van der Waals surface area contributed by atoms with Crippen LogP contribution in [-0.2, 0) is 0 Å². The summed E-state index contributed by atoms with van der Waals surface area (Å²) in [7, 11) is 0. The van der Waals surface area contributed by atoms with E-state index in [0.717, 1.165) is 23.7 Å². The number of hydrogen-bond acceptors (Lipinski definition) is 2. The van der Waals surface area contributed by atoms with Crippen LogP contribution in [0, 0.1) is 0 Å². The molecule has 0 fully saturated rings. The maximum atomic E-state index is 5.85. The van der Waals surface area contributed by atoms with Gasteiger partial charge in [0.15, 0.2) is 0 Å². The average Bonchev–Trinajstić information content (AvgIpc) is 2.13. The van der Waals surface area contributed by atoms with E-state index in [1.54, 1.807) is 0 Å². The fourth-order valence-corrected chi connectivity index (χ4v) is 2.22. The summed E-state index contributed by atoms with van der Waals surface area (Å²) in [6.45, 7) is 0.788. The molecule has 1 aromatic rings. The first kappa shape index (κ1) is 10.9. The van der Waals surface area contributed by atoms with E-state index in [4.69, 9.17) is 17.3 Å². The molecule has 0 saturated heterocycles. The van der Waals surface area contributed by atoms with Crippen LogP contribution in [0.2, 0.25) is 5.02 Å². The van der Waals surface area contributed by atoms with E-state index >= 15 is 0 Å². The number of halogens is 1. The lowest BCUT2D eigenvalue weighted by Crippen LogP contribution is -1.98. The third kappa shape index (κ3) is 4.55. The molecular weight excluding hydrogens is 202 g/mol. The molecule has 0 saturated carbocycles. The molecular formula is C10H14ClNS. The Labute approximate surface area is 88.7 Å². The van der Waals surface area contributed by atoms with Gasteiger partial charge in [0, 0.05) is 9.92 Å². The summed E-state index contributed by atoms with van der Waals surface area (Å²) >= 11 is 7.69. The molecule has 0 heterocycles. The lowest BCUT2D eigenvalue weighted by Gasteiger charge is -2.00. The Morgan fingerprint density at radius 3 is 2.85 bits per heavy atom. The van der Waals surface area contributed by atoms with Crippen LogP contribution >= 0.6 is 23.4 Å². The van der Waals surface area contributed by atoms with Crippen LogP contribution in [0.5, 0.6) is 0 Å². The van der Waals surface area contributed by atoms with Crippen LogP contribution in [-0.4, -0.2) is 12.3 Å². The largest absolute Gasteiger partial charge is 0.330 e. The second-order valence-corrected chi connectivity index (χ2v) is 4.41. The van der Waals surface area contributed by atoms with Crippen LogP contribution in [0.25, 0.3) is 0 Å². The molecule has 3 heteroatoms. The summed E-state index contributed by atoms with van der Waals surface area (Å²) < 4.78 is 0. The van der Waals surface area contributed by atoms with Crippen LogP contribution in [0.1, 0.15) is 12.8 Å². The maximum Gasteiger partial charge on any atom is 0.0417 e. The second kappa shape index (κ2) is 6.30. The van der Waals surface area contributed by atoms with E-state index in [1.807, 2.05) is 30.0 Å². The third-order valence-electron chi connectivity index (χ3n) is 1.66. The summed E-state index contributed by atoms with van der Waals surface area (Å²) in [5.74, 6) is 1.12. The molecule has 0 bridgehead atoms. The van der Waals surface area contributed by atoms with Crippen LogP contribution in [0.4, 0.5) is 0 Å². The number of thioether (sulfide) groups is 1. The molecule has 0 amide bonds. The smallest absolute Gasteiger partial charge is 0.0417 e. The highest BCUT2D eigenvalue weighted by atomic mass is 35.5. The van der Waals surface area contributed by atoms with Gasteiger partial charge in [-0.15, -0.1) is 11.8 Å². The van der Waals surface area contributed by atoms with E-state index in [2.05, 4.69) is 6.07 Å². The molecule has 1 aromatic carbocycles. The summed E-state index contributed by atoms with van der Waals surface area (Å²) in [4.78, 5) is 1.24. The Bertz CT molecular complexity index is 252. The molecule has 0 radical (unpaired) electrons. The van der Waals surface area contributed by atoms with E-state index < -0.39 is 0 Å². The van der Waals surface area contributed by atoms with E-state index in [-0.39, 0.29) is 0 Å². The first-order valence-corrected chi connectivity index (χ1v) is 5.77. The quantitative estimate of drug-likeness (QED) is 0.603. The summed E-state index contributed by atoms with van der Waals surface area (Å²) in [5.41, 5.74) is 5.40. The number of benzene rings is 1. The van der Waals surface area contributed by atoms with Crippen molar-refractivity contribution in [2.75, 3.05) is 12.3 Å². The Balaban J connectivity index is 2.28. The van der Waals surface area contributed by atoms with Gasteiger partial charge in [0.25, 0.3) is 0 Å². The Morgan fingerprint density at radius 2 is 2.15 bits per heavy atom. The van der Waals surface area contributed by atoms with Crippen molar-refractivity contribution < 1.29 is 0 Å². The van der Waals surface area contributed by atoms with Gasteiger partial charge >= 0.3 is 0 Å². The summed E-state index contributed by atoms with van der Waals surface area (Å²) in [5, 5.41) is 0.809. The van der Waals surface area contributed by atoms with Gasteiger partial charge in [-0.25, -0.2) is 0 Å². The SMILES string of the molecule is NCCCCSc1cccc(Cl)c1. The van der Waals surface area contributed by atoms with Gasteiger partial charge in [0.1, 0.15) is 0 Å². The fraction of sp³-hybridized carbons (Fsp3) is 0.400. The number of hydrogen-bond donors (Lipinski definition) is 1. The van der Waals surface area contributed by atoms with Gasteiger partial charge in [-0.05, 0) is 43.3 Å². The van der Waals surface area contributed by atoms with Crippen molar-refractivity contribution in [3.8, 4) is 0 Å². The lowest BCUT2D eigenvalue weighted by atomic mass is 10.3. The molecule has 2 N–H and O–H groups in total. The monoisotopic (exact) mass is 215 g/mol. The molecule has 0 unspecified atom stereocenters. The fourth-order valence-electron chi connectivity index (χ4n) is 0.993. The summed E-state index contributed by atoms with van der Waals surface area (Å²) in [6, 6.07) is 7.95. The third-order valence-corrected chi connectivity index (χ3v) is 2.98. The molecule has 1 nitrogen and oxygen atoms in total. The van der Waals surface area contributed by atoms with Gasteiger partial charge < -0.3 is 5.73 Å². The van der Waals surface area contributed by atoms with Crippen molar-refractivity contribution >= 4 is 23.4 Å². The maximum absolute atomic E-state index is 5.85. The first-order chi connectivity index (χ1) is 6.33. The molecule has 13 heavy (non-hydrogen) atoms. The molecule has 0 aliphatic rings. The van der Waals surface area contributed by atoms with E-state index in [9.17, 15) is 0 Å². The first-order valence-electron chi connectivity index (χ1n) is 4.41. The topological polar surface area (TPSA) is 26.0 Å². The predicted octanol–water partition coefficient (Wildman–Crippen LogP) is 3.17. The summed E-state index contributed by atoms with van der Waals surface area (Å²) in [6.07, 6.45) is 2.28. The molecule has 0 spiro atoms. The minimum atomic E-state index is 0.788. The molecule has 0 atom stereocenters. The van der Waals surface area contributed by atoms with Gasteiger partial charge in [0.05, 0.1) is 0 Å². The molecule has 1 rings (SSSR count). The highest BCUT2D eigenvalue weighted by molar-refractivity contribution is 7.99. The van der Waals surface area contributed by atoms with Crippen LogP contribution in [0.3, 0.4) is 0 Å². The number of nitrogens with two attached hydrogens (primary N) is 1. The second-order valence-electron chi connectivity index (χ2n) is 2.80. The minimum absolute atomic E-state index is 0.788. The van der Waals surface area contributed by atoms with Crippen molar-refractivity contribution in [3.05, 3.63) is 29.3 Å². The number of rotatable bonds is 5. The molecule has 72 valence electrons. The van der Waals surface area contributed by atoms with Gasteiger partial charge in [-0.1, -0.05) is 17.7 Å². The average molecular weight is 216 g/mol. The molecule has 0 aromatic heterocycles. The van der Waals surface area contributed by atoms with E-state index in [0.29, 0.717) is 0 Å². The predicted molar refractivity (Wildman–Crippen MR) is 60.5 cm³/mol. The standard InChI is InChI=1S/C10H14ClNS/c11-9-4-3-5-10(8-9)13-7-2-1-6-12/h3-5,8H,1-2,6-7,12H2. The highest BCUT2D eigenvalue weighted by Gasteiger charge is 1.94. The molecule has 0 aliphatic heterocycles. The van der Waals surface area contributed by atoms with Gasteiger partial charge in [-0.3, -0.25) is 0 Å². The van der Waals surface area contributed by atoms with Crippen molar-refractivity contribution in [2.45, 2.75) is 17.7 Å². The van der Waals surface area contributed by atoms with Crippen LogP contribution in [0.15, 0.2) is 29.2 Å². The van der Waals surface area contributed by atoms with Gasteiger partial charge in [-0.2, -0.15) is 0 Å². The zero-order valence-corrected chi connectivity index (χ0v) is 9.07. The van der Waals surface area contributed by atoms with Crippen molar-refractivity contribution in [1.29, 1.82) is 0 Å². The Morgan fingerprint density at radius 1 is 1.31 bits per heavy atom. The van der Waals surface area contributed by atoms with Crippen molar-refractivity contribution in [2.24, 2.45) is 5.73 Å². The molecule has 0 aliphatic carbocycles. The highest BCUT2D eigenvalue weighted by Crippen LogP contribution is 2.22. The minimum Gasteiger partial charge on any atom is -0.330 e. The zero-order valence-electron chi connectivity index (χ0n) is 7.50. The normalized spacial score (nSPS) is 10.3. The van der Waals surface area contributed by atoms with Crippen molar-refractivity contribution in [1.82, 2.24) is 0 Å². The van der Waals surface area contributed by atoms with Crippen molar-refractivity contribution in [3.63, 3.8) is 0 Å².